The van der Waals surface area contributed by atoms with Crippen LogP contribution in [-0.4, -0.2) is 5.11 Å². The van der Waals surface area contributed by atoms with Gasteiger partial charge in [-0.05, 0) is 23.8 Å². The minimum atomic E-state index is -4.55. The van der Waals surface area contributed by atoms with Crippen LogP contribution in [0.5, 0.6) is 0 Å². The quantitative estimate of drug-likeness (QED) is 0.775. The second-order valence-corrected chi connectivity index (χ2v) is 5.48. The fourth-order valence-electron chi connectivity index (χ4n) is 1.88. The van der Waals surface area contributed by atoms with Gasteiger partial charge in [-0.3, -0.25) is 0 Å². The monoisotopic (exact) mass is 364 g/mol. The molecular formula is C14H9BrClF3O. The molecule has 1 unspecified atom stereocenters. The topological polar surface area (TPSA) is 20.2 Å². The van der Waals surface area contributed by atoms with Crippen molar-refractivity contribution in [2.45, 2.75) is 12.3 Å². The van der Waals surface area contributed by atoms with Crippen molar-refractivity contribution in [3.63, 3.8) is 0 Å². The van der Waals surface area contributed by atoms with Crippen LogP contribution >= 0.6 is 27.5 Å². The van der Waals surface area contributed by atoms with Crippen LogP contribution < -0.4 is 0 Å². The number of aliphatic hydroxyl groups excluding tert-OH is 1. The largest absolute Gasteiger partial charge is 0.416 e. The Morgan fingerprint density at radius 3 is 2.30 bits per heavy atom. The maximum Gasteiger partial charge on any atom is 0.416 e. The predicted molar refractivity (Wildman–Crippen MR) is 74.7 cm³/mol. The molecule has 0 aliphatic heterocycles. The van der Waals surface area contributed by atoms with Crippen molar-refractivity contribution >= 4 is 27.5 Å². The summed E-state index contributed by atoms with van der Waals surface area (Å²) < 4.78 is 39.4. The summed E-state index contributed by atoms with van der Waals surface area (Å²) in [6.45, 7) is 0. The van der Waals surface area contributed by atoms with Crippen molar-refractivity contribution in [1.29, 1.82) is 0 Å². The zero-order chi connectivity index (χ0) is 14.9. The molecule has 0 radical (unpaired) electrons. The second-order valence-electron chi connectivity index (χ2n) is 4.15. The maximum atomic E-state index is 13.0. The first-order chi connectivity index (χ1) is 9.30. The lowest BCUT2D eigenvalue weighted by Gasteiger charge is -2.19. The Hall–Kier alpha value is -1.04. The van der Waals surface area contributed by atoms with Crippen LogP contribution in [0.15, 0.2) is 46.9 Å². The fourth-order valence-corrected chi connectivity index (χ4v) is 2.48. The van der Waals surface area contributed by atoms with E-state index in [9.17, 15) is 18.3 Å². The van der Waals surface area contributed by atoms with Crippen LogP contribution in [0.25, 0.3) is 0 Å². The van der Waals surface area contributed by atoms with Crippen LogP contribution in [0.4, 0.5) is 13.2 Å². The molecule has 0 aliphatic rings. The van der Waals surface area contributed by atoms with Gasteiger partial charge in [-0.25, -0.2) is 0 Å². The van der Waals surface area contributed by atoms with E-state index in [0.29, 0.717) is 4.47 Å². The van der Waals surface area contributed by atoms with Crippen LogP contribution in [-0.2, 0) is 6.18 Å². The smallest absolute Gasteiger partial charge is 0.384 e. The summed E-state index contributed by atoms with van der Waals surface area (Å²) in [6, 6.07) is 9.89. The van der Waals surface area contributed by atoms with E-state index >= 15 is 0 Å². The van der Waals surface area contributed by atoms with Gasteiger partial charge in [0.25, 0.3) is 0 Å². The van der Waals surface area contributed by atoms with Gasteiger partial charge in [-0.15, -0.1) is 0 Å². The lowest BCUT2D eigenvalue weighted by atomic mass is 9.96. The van der Waals surface area contributed by atoms with Gasteiger partial charge in [0.1, 0.15) is 6.10 Å². The van der Waals surface area contributed by atoms with E-state index in [1.54, 1.807) is 12.1 Å². The molecule has 0 bridgehead atoms. The molecule has 0 heterocycles. The van der Waals surface area contributed by atoms with Gasteiger partial charge in [0.05, 0.1) is 5.56 Å². The molecule has 2 aromatic rings. The van der Waals surface area contributed by atoms with Gasteiger partial charge in [-0.2, -0.15) is 13.2 Å². The number of halogens is 5. The number of rotatable bonds is 2. The summed E-state index contributed by atoms with van der Waals surface area (Å²) in [6.07, 6.45) is -5.99. The van der Waals surface area contributed by atoms with E-state index in [4.69, 9.17) is 11.6 Å². The van der Waals surface area contributed by atoms with E-state index in [-0.39, 0.29) is 16.1 Å². The minimum absolute atomic E-state index is 0.219. The molecule has 2 aromatic carbocycles. The molecule has 2 rings (SSSR count). The molecule has 0 aromatic heterocycles. The van der Waals surface area contributed by atoms with Crippen molar-refractivity contribution < 1.29 is 18.3 Å². The fraction of sp³-hybridized carbons (Fsp3) is 0.143. The Kier molecular flexibility index (Phi) is 4.42. The number of benzene rings is 2. The van der Waals surface area contributed by atoms with Crippen LogP contribution in [0.2, 0.25) is 5.02 Å². The van der Waals surface area contributed by atoms with Gasteiger partial charge >= 0.3 is 6.18 Å². The first kappa shape index (κ1) is 15.4. The Balaban J connectivity index is 2.56. The molecule has 0 amide bonds. The predicted octanol–water partition coefficient (Wildman–Crippen LogP) is 5.20. The van der Waals surface area contributed by atoms with Crippen molar-refractivity contribution in [3.05, 3.63) is 68.7 Å². The molecule has 1 N–H and O–H groups in total. The van der Waals surface area contributed by atoms with Gasteiger partial charge in [-0.1, -0.05) is 51.8 Å². The molecule has 0 spiro atoms. The number of hydrogen-bond donors (Lipinski definition) is 1. The molecule has 0 saturated heterocycles. The summed E-state index contributed by atoms with van der Waals surface area (Å²) in [4.78, 5) is 0. The molecule has 0 aliphatic carbocycles. The molecular weight excluding hydrogens is 357 g/mol. The number of hydrogen-bond acceptors (Lipinski definition) is 1. The standard InChI is InChI=1S/C14H9BrClF3O/c15-8-5-6-9(11(7-8)14(17,18)19)13(20)10-3-1-2-4-12(10)16/h1-7,13,20H. The van der Waals surface area contributed by atoms with Crippen molar-refractivity contribution in [1.82, 2.24) is 0 Å². The SMILES string of the molecule is OC(c1ccccc1Cl)c1ccc(Br)cc1C(F)(F)F. The number of aliphatic hydroxyl groups is 1. The molecule has 0 saturated carbocycles. The second kappa shape index (κ2) is 5.76. The van der Waals surface area contributed by atoms with Crippen LogP contribution in [0.3, 0.4) is 0 Å². The third-order valence-electron chi connectivity index (χ3n) is 2.82. The summed E-state index contributed by atoms with van der Waals surface area (Å²) in [5.41, 5.74) is -0.880. The highest BCUT2D eigenvalue weighted by atomic mass is 79.9. The Labute approximate surface area is 127 Å². The highest BCUT2D eigenvalue weighted by Crippen LogP contribution is 2.39. The first-order valence-corrected chi connectivity index (χ1v) is 6.77. The summed E-state index contributed by atoms with van der Waals surface area (Å²) in [5.74, 6) is 0. The first-order valence-electron chi connectivity index (χ1n) is 5.60. The highest BCUT2D eigenvalue weighted by molar-refractivity contribution is 9.10. The van der Waals surface area contributed by atoms with Crippen LogP contribution in [0.1, 0.15) is 22.8 Å². The van der Waals surface area contributed by atoms with Gasteiger partial charge in [0, 0.05) is 15.1 Å². The molecule has 0 fully saturated rings. The zero-order valence-corrected chi connectivity index (χ0v) is 12.3. The zero-order valence-electron chi connectivity index (χ0n) is 9.96. The third-order valence-corrected chi connectivity index (χ3v) is 3.65. The lowest BCUT2D eigenvalue weighted by Crippen LogP contribution is -2.13. The lowest BCUT2D eigenvalue weighted by molar-refractivity contribution is -0.139. The average Bonchev–Trinajstić information content (AvgIpc) is 2.37. The molecule has 20 heavy (non-hydrogen) atoms. The van der Waals surface area contributed by atoms with Crippen molar-refractivity contribution in [3.8, 4) is 0 Å². The highest BCUT2D eigenvalue weighted by Gasteiger charge is 2.35. The maximum absolute atomic E-state index is 13.0. The van der Waals surface area contributed by atoms with Gasteiger partial charge < -0.3 is 5.11 Å². The van der Waals surface area contributed by atoms with E-state index in [1.165, 1.54) is 24.3 Å². The van der Waals surface area contributed by atoms with E-state index in [1.807, 2.05) is 0 Å². The summed E-state index contributed by atoms with van der Waals surface area (Å²) >= 11 is 8.92. The Morgan fingerprint density at radius 1 is 1.05 bits per heavy atom. The van der Waals surface area contributed by atoms with E-state index in [2.05, 4.69) is 15.9 Å². The molecule has 6 heteroatoms. The minimum Gasteiger partial charge on any atom is -0.384 e. The Morgan fingerprint density at radius 2 is 1.70 bits per heavy atom. The van der Waals surface area contributed by atoms with E-state index < -0.39 is 17.8 Å². The molecule has 1 nitrogen and oxygen atoms in total. The van der Waals surface area contributed by atoms with Crippen LogP contribution in [0, 0.1) is 0 Å². The normalized spacial score (nSPS) is 13.3. The van der Waals surface area contributed by atoms with Gasteiger partial charge in [0.2, 0.25) is 0 Å². The summed E-state index contributed by atoms with van der Waals surface area (Å²) in [5, 5.41) is 10.4. The number of alkyl halides is 3. The molecule has 1 atom stereocenters. The van der Waals surface area contributed by atoms with Gasteiger partial charge in [0.15, 0.2) is 0 Å². The van der Waals surface area contributed by atoms with E-state index in [0.717, 1.165) is 6.07 Å². The molecule has 106 valence electrons. The Bertz CT molecular complexity index is 628. The third kappa shape index (κ3) is 3.16. The summed E-state index contributed by atoms with van der Waals surface area (Å²) in [7, 11) is 0. The average molecular weight is 366 g/mol. The van der Waals surface area contributed by atoms with Crippen molar-refractivity contribution in [2.24, 2.45) is 0 Å². The van der Waals surface area contributed by atoms with Crippen molar-refractivity contribution in [2.75, 3.05) is 0 Å².